The summed E-state index contributed by atoms with van der Waals surface area (Å²) in [5.74, 6) is -0.230. The number of urea groups is 1. The molecule has 1 heterocycles. The van der Waals surface area contributed by atoms with Gasteiger partial charge in [0.2, 0.25) is 0 Å². The molecule has 0 saturated heterocycles. The van der Waals surface area contributed by atoms with E-state index in [-0.39, 0.29) is 22.7 Å². The Kier molecular flexibility index (Phi) is 4.01. The highest BCUT2D eigenvalue weighted by atomic mass is 19.3. The first kappa shape index (κ1) is 14.7. The van der Waals surface area contributed by atoms with Crippen LogP contribution in [0.1, 0.15) is 18.5 Å². The van der Waals surface area contributed by atoms with Gasteiger partial charge in [0.25, 0.3) is 5.70 Å². The smallest absolute Gasteiger partial charge is 0.387 e. The highest BCUT2D eigenvalue weighted by molar-refractivity contribution is 5.78. The average molecular weight is 299 g/mol. The fourth-order valence-electron chi connectivity index (χ4n) is 2.08. The molecule has 1 aliphatic rings. The second kappa shape index (κ2) is 5.73. The normalized spacial score (nSPS) is 18.3. The maximum atomic E-state index is 12.4. The number of ether oxygens (including phenoxy) is 1. The molecule has 0 aliphatic carbocycles. The summed E-state index contributed by atoms with van der Waals surface area (Å²) in [5, 5.41) is 15.8. The molecule has 9 heteroatoms. The van der Waals surface area contributed by atoms with Crippen LogP contribution in [0.4, 0.5) is 13.6 Å². The Hall–Kier alpha value is -2.71. The first-order valence-corrected chi connectivity index (χ1v) is 5.86. The predicted molar refractivity (Wildman–Crippen MR) is 67.2 cm³/mol. The first-order chi connectivity index (χ1) is 9.90. The molecule has 2 rings (SSSR count). The number of allylic oxidation sites excluding steroid dienone is 1. The van der Waals surface area contributed by atoms with Gasteiger partial charge in [-0.05, 0) is 13.0 Å². The van der Waals surface area contributed by atoms with Gasteiger partial charge in [0, 0.05) is 5.56 Å². The monoisotopic (exact) mass is 299 g/mol. The molecule has 1 aromatic carbocycles. The molecule has 0 bridgehead atoms. The molecule has 1 atom stereocenters. The molecule has 0 radical (unpaired) electrons. The van der Waals surface area contributed by atoms with E-state index in [4.69, 9.17) is 0 Å². The molecule has 21 heavy (non-hydrogen) atoms. The Labute approximate surface area is 117 Å². The van der Waals surface area contributed by atoms with Crippen molar-refractivity contribution in [2.24, 2.45) is 0 Å². The van der Waals surface area contributed by atoms with E-state index in [2.05, 4.69) is 15.4 Å². The number of hydrogen-bond donors (Lipinski definition) is 2. The molecule has 0 spiro atoms. The highest BCUT2D eigenvalue weighted by Crippen LogP contribution is 2.33. The van der Waals surface area contributed by atoms with Crippen molar-refractivity contribution in [3.8, 4) is 5.75 Å². The fraction of sp³-hybridized carbons (Fsp3) is 0.250. The topological polar surface area (TPSA) is 93.5 Å². The Bertz CT molecular complexity index is 618. The standard InChI is InChI=1S/C12H11F2N3O4/c1-6-10(17(19)20)9(16-12(18)15-6)7-4-2-3-5-8(7)21-11(13)14/h2-5,9,11H,1H3,(H2,15,16,18)/t9-/m1/s1. The lowest BCUT2D eigenvalue weighted by molar-refractivity contribution is -0.432. The first-order valence-electron chi connectivity index (χ1n) is 5.86. The summed E-state index contributed by atoms with van der Waals surface area (Å²) < 4.78 is 29.2. The quantitative estimate of drug-likeness (QED) is 0.658. The van der Waals surface area contributed by atoms with Gasteiger partial charge >= 0.3 is 12.6 Å². The molecule has 1 aliphatic heterocycles. The maximum Gasteiger partial charge on any atom is 0.387 e. The van der Waals surface area contributed by atoms with Crippen molar-refractivity contribution in [2.75, 3.05) is 0 Å². The molecule has 2 N–H and O–H groups in total. The number of benzene rings is 1. The average Bonchev–Trinajstić information content (AvgIpc) is 2.37. The van der Waals surface area contributed by atoms with Gasteiger partial charge in [-0.3, -0.25) is 10.1 Å². The van der Waals surface area contributed by atoms with E-state index in [0.29, 0.717) is 0 Å². The molecule has 1 aromatic rings. The van der Waals surface area contributed by atoms with E-state index < -0.39 is 23.6 Å². The number of hydrogen-bond acceptors (Lipinski definition) is 4. The van der Waals surface area contributed by atoms with E-state index in [0.717, 1.165) is 0 Å². The predicted octanol–water partition coefficient (Wildman–Crippen LogP) is 2.15. The van der Waals surface area contributed by atoms with E-state index in [1.165, 1.54) is 31.2 Å². The number of halogens is 2. The number of amides is 2. The van der Waals surface area contributed by atoms with Crippen LogP contribution >= 0.6 is 0 Å². The number of nitrogens with one attached hydrogen (secondary N) is 2. The van der Waals surface area contributed by atoms with Gasteiger partial charge < -0.3 is 15.4 Å². The number of alkyl halides is 2. The van der Waals surface area contributed by atoms with Gasteiger partial charge in [0.15, 0.2) is 6.04 Å². The van der Waals surface area contributed by atoms with Crippen LogP contribution in [0.25, 0.3) is 0 Å². The van der Waals surface area contributed by atoms with Crippen LogP contribution in [0.3, 0.4) is 0 Å². The van der Waals surface area contributed by atoms with E-state index in [9.17, 15) is 23.7 Å². The van der Waals surface area contributed by atoms with Crippen molar-refractivity contribution in [1.82, 2.24) is 10.6 Å². The van der Waals surface area contributed by atoms with Crippen LogP contribution < -0.4 is 15.4 Å². The third-order valence-electron chi connectivity index (χ3n) is 2.88. The Morgan fingerprint density at radius 3 is 2.67 bits per heavy atom. The van der Waals surface area contributed by atoms with Crippen molar-refractivity contribution in [2.45, 2.75) is 19.6 Å². The number of carbonyl (C=O) groups excluding carboxylic acids is 1. The van der Waals surface area contributed by atoms with E-state index in [1.807, 2.05) is 0 Å². The number of carbonyl (C=O) groups is 1. The molecular weight excluding hydrogens is 288 g/mol. The zero-order chi connectivity index (χ0) is 15.6. The zero-order valence-electron chi connectivity index (χ0n) is 10.8. The number of nitrogens with zero attached hydrogens (tertiary/aromatic N) is 1. The minimum Gasteiger partial charge on any atom is -0.434 e. The molecular formula is C12H11F2N3O4. The fourth-order valence-corrected chi connectivity index (χ4v) is 2.08. The lowest BCUT2D eigenvalue weighted by Gasteiger charge is -2.24. The molecule has 0 unspecified atom stereocenters. The molecule has 7 nitrogen and oxygen atoms in total. The third-order valence-corrected chi connectivity index (χ3v) is 2.88. The summed E-state index contributed by atoms with van der Waals surface area (Å²) in [6, 6.07) is 3.76. The van der Waals surface area contributed by atoms with Crippen molar-refractivity contribution in [1.29, 1.82) is 0 Å². The molecule has 0 saturated carbocycles. The number of rotatable bonds is 4. The molecule has 0 fully saturated rings. The Morgan fingerprint density at radius 1 is 1.38 bits per heavy atom. The second-order valence-corrected chi connectivity index (χ2v) is 4.22. The van der Waals surface area contributed by atoms with Crippen molar-refractivity contribution in [3.63, 3.8) is 0 Å². The van der Waals surface area contributed by atoms with Crippen molar-refractivity contribution < 1.29 is 23.2 Å². The van der Waals surface area contributed by atoms with Crippen LogP contribution in [0, 0.1) is 10.1 Å². The lowest BCUT2D eigenvalue weighted by Crippen LogP contribution is -2.45. The minimum atomic E-state index is -3.08. The zero-order valence-corrected chi connectivity index (χ0v) is 10.8. The summed E-state index contributed by atoms with van der Waals surface area (Å²) in [4.78, 5) is 22.0. The van der Waals surface area contributed by atoms with Gasteiger partial charge in [0.05, 0.1) is 10.6 Å². The number of nitro groups is 1. The molecule has 0 aromatic heterocycles. The van der Waals surface area contributed by atoms with Crippen molar-refractivity contribution >= 4 is 6.03 Å². The third kappa shape index (κ3) is 3.07. The summed E-state index contributed by atoms with van der Waals surface area (Å²) in [5.41, 5.74) is -0.209. The summed E-state index contributed by atoms with van der Waals surface area (Å²) >= 11 is 0. The van der Waals surface area contributed by atoms with Crippen LogP contribution in [0.5, 0.6) is 5.75 Å². The van der Waals surface area contributed by atoms with Gasteiger partial charge in [-0.1, -0.05) is 18.2 Å². The van der Waals surface area contributed by atoms with Crippen LogP contribution in [-0.4, -0.2) is 17.6 Å². The SMILES string of the molecule is CC1=C([N+](=O)[O-])[C@@H](c2ccccc2OC(F)F)NC(=O)N1. The van der Waals surface area contributed by atoms with Crippen LogP contribution in [-0.2, 0) is 0 Å². The van der Waals surface area contributed by atoms with Gasteiger partial charge in [-0.15, -0.1) is 0 Å². The molecule has 112 valence electrons. The van der Waals surface area contributed by atoms with Crippen LogP contribution in [0.15, 0.2) is 35.7 Å². The van der Waals surface area contributed by atoms with Crippen molar-refractivity contribution in [3.05, 3.63) is 51.3 Å². The van der Waals surface area contributed by atoms with E-state index in [1.54, 1.807) is 0 Å². The van der Waals surface area contributed by atoms with Crippen LogP contribution in [0.2, 0.25) is 0 Å². The largest absolute Gasteiger partial charge is 0.434 e. The van der Waals surface area contributed by atoms with E-state index >= 15 is 0 Å². The lowest BCUT2D eigenvalue weighted by atomic mass is 10.0. The Morgan fingerprint density at radius 2 is 2.05 bits per heavy atom. The van der Waals surface area contributed by atoms with Gasteiger partial charge in [0.1, 0.15) is 5.75 Å². The summed E-state index contributed by atoms with van der Waals surface area (Å²) in [6.45, 7) is -1.71. The molecule has 2 amide bonds. The summed E-state index contributed by atoms with van der Waals surface area (Å²) in [7, 11) is 0. The second-order valence-electron chi connectivity index (χ2n) is 4.22. The Balaban J connectivity index is 2.51. The van der Waals surface area contributed by atoms with Gasteiger partial charge in [-0.2, -0.15) is 8.78 Å². The van der Waals surface area contributed by atoms with Gasteiger partial charge in [-0.25, -0.2) is 4.79 Å². The minimum absolute atomic E-state index is 0.0422. The summed E-state index contributed by atoms with van der Waals surface area (Å²) in [6.07, 6.45) is 0. The maximum absolute atomic E-state index is 12.4. The number of para-hydroxylation sites is 1. The highest BCUT2D eigenvalue weighted by Gasteiger charge is 2.37.